The monoisotopic (exact) mass is 387 g/mol. The zero-order valence-corrected chi connectivity index (χ0v) is 16.2. The van der Waals surface area contributed by atoms with Crippen molar-refractivity contribution in [2.24, 2.45) is 0 Å². The van der Waals surface area contributed by atoms with Gasteiger partial charge in [0.05, 0.1) is 49.4 Å². The van der Waals surface area contributed by atoms with Gasteiger partial charge in [-0.2, -0.15) is 18.2 Å². The van der Waals surface area contributed by atoms with Gasteiger partial charge in [0, 0.05) is 6.54 Å². The summed E-state index contributed by atoms with van der Waals surface area (Å²) in [5, 5.41) is 14.1. The van der Waals surface area contributed by atoms with Crippen LogP contribution in [0.25, 0.3) is 0 Å². The van der Waals surface area contributed by atoms with Gasteiger partial charge in [0.1, 0.15) is 5.60 Å². The van der Waals surface area contributed by atoms with Crippen LogP contribution >= 0.6 is 0 Å². The maximum Gasteiger partial charge on any atom is 0.410 e. The summed E-state index contributed by atoms with van der Waals surface area (Å²) >= 11 is 0. The van der Waals surface area contributed by atoms with Gasteiger partial charge in [0.15, 0.2) is 0 Å². The normalized spacial score (nSPS) is 25.7. The molecule has 0 bridgehead atoms. The number of β-amino-alcohol motifs (C(OH)–C–C–N with tert-alkyl or cyclic N) is 1. The molecule has 1 amide bonds. The van der Waals surface area contributed by atoms with Crippen LogP contribution in [0.4, 0.5) is 10.5 Å². The Kier molecular flexibility index (Phi) is 4.65. The average molecular weight is 387 g/mol. The van der Waals surface area contributed by atoms with Crippen molar-refractivity contribution in [3.63, 3.8) is 0 Å². The molecule has 1 saturated heterocycles. The van der Waals surface area contributed by atoms with Crippen LogP contribution in [0.5, 0.6) is 0 Å². The summed E-state index contributed by atoms with van der Waals surface area (Å²) in [6.45, 7) is 7.79. The first-order valence-electron chi connectivity index (χ1n) is 8.47. The van der Waals surface area contributed by atoms with Crippen molar-refractivity contribution in [2.75, 3.05) is 17.4 Å². The predicted octanol–water partition coefficient (Wildman–Crippen LogP) is 0.0376. The molecule has 1 aromatic rings. The number of hydrogen-bond acceptors (Lipinski definition) is 6. The molecule has 0 saturated carbocycles. The van der Waals surface area contributed by atoms with Crippen LogP contribution in [0.1, 0.15) is 33.4 Å². The Morgan fingerprint density at radius 1 is 1.38 bits per heavy atom. The van der Waals surface area contributed by atoms with E-state index in [0.29, 0.717) is 17.9 Å². The lowest BCUT2D eigenvalue weighted by atomic mass is 10.2. The van der Waals surface area contributed by atoms with E-state index in [-0.39, 0.29) is 25.7 Å². The lowest BCUT2D eigenvalue weighted by Crippen LogP contribution is -2.54. The molecule has 3 rings (SSSR count). The molecular weight excluding hydrogens is 362 g/mol. The molecule has 0 aliphatic carbocycles. The highest BCUT2D eigenvalue weighted by molar-refractivity contribution is 7.91. The molecule has 146 valence electrons. The molecule has 2 atom stereocenters. The number of hydrogen-bond donors (Lipinski definition) is 2. The Morgan fingerprint density at radius 3 is 2.73 bits per heavy atom. The topological polar surface area (TPSA) is 117 Å². The smallest absolute Gasteiger partial charge is 0.410 e. The summed E-state index contributed by atoms with van der Waals surface area (Å²) in [7, 11) is -3.76. The summed E-state index contributed by atoms with van der Waals surface area (Å²) in [6.07, 6.45) is 0.180. The molecule has 2 N–H and O–H groups in total. The highest BCUT2D eigenvalue weighted by Crippen LogP contribution is 2.30. The lowest BCUT2D eigenvalue weighted by molar-refractivity contribution is 0.00912. The number of nitrogens with one attached hydrogen (secondary N) is 1. The molecule has 2 aliphatic heterocycles. The SMILES string of the molecule is C[C@H]1Cn2ncc(N3CC(O)CNS3(=O)=O)c2CN1C(=O)OC(C)(C)C. The van der Waals surface area contributed by atoms with Crippen LogP contribution in [0.2, 0.25) is 0 Å². The van der Waals surface area contributed by atoms with Gasteiger partial charge < -0.3 is 9.84 Å². The Balaban J connectivity index is 1.90. The number of amides is 1. The minimum Gasteiger partial charge on any atom is -0.444 e. The molecule has 26 heavy (non-hydrogen) atoms. The predicted molar refractivity (Wildman–Crippen MR) is 93.7 cm³/mol. The molecule has 0 radical (unpaired) electrons. The number of rotatable bonds is 1. The van der Waals surface area contributed by atoms with Crippen molar-refractivity contribution in [1.82, 2.24) is 19.4 Å². The fraction of sp³-hybridized carbons (Fsp3) is 0.733. The second kappa shape index (κ2) is 6.39. The molecule has 1 fully saturated rings. The van der Waals surface area contributed by atoms with E-state index in [0.717, 1.165) is 4.31 Å². The lowest BCUT2D eigenvalue weighted by Gasteiger charge is -2.37. The van der Waals surface area contributed by atoms with Crippen LogP contribution in [0.3, 0.4) is 0 Å². The summed E-state index contributed by atoms with van der Waals surface area (Å²) in [5.41, 5.74) is 0.326. The third kappa shape index (κ3) is 3.64. The number of ether oxygens (including phenoxy) is 1. The first-order valence-corrected chi connectivity index (χ1v) is 9.91. The van der Waals surface area contributed by atoms with E-state index in [1.807, 2.05) is 6.92 Å². The highest BCUT2D eigenvalue weighted by Gasteiger charge is 2.37. The van der Waals surface area contributed by atoms with E-state index < -0.39 is 28.0 Å². The number of carbonyl (C=O) groups excluding carboxylic acids is 1. The summed E-state index contributed by atoms with van der Waals surface area (Å²) in [6, 6.07) is -0.147. The zero-order chi connectivity index (χ0) is 19.3. The third-order valence-corrected chi connectivity index (χ3v) is 5.74. The molecular formula is C15H25N5O5S. The van der Waals surface area contributed by atoms with Crippen molar-refractivity contribution in [3.05, 3.63) is 11.9 Å². The fourth-order valence-corrected chi connectivity index (χ4v) is 4.36. The van der Waals surface area contributed by atoms with Gasteiger partial charge in [-0.1, -0.05) is 0 Å². The Hall–Kier alpha value is -1.85. The number of carbonyl (C=O) groups is 1. The zero-order valence-electron chi connectivity index (χ0n) is 15.3. The molecule has 0 spiro atoms. The van der Waals surface area contributed by atoms with Gasteiger partial charge >= 0.3 is 16.3 Å². The standard InChI is InChI=1S/C15H25N5O5S/c1-10-7-19-13(9-18(10)14(22)25-15(2,3)4)12(6-16-19)20-8-11(21)5-17-26(20,23)24/h6,10-11,17,21H,5,7-9H2,1-4H3/t10-,11?/m0/s1. The minimum atomic E-state index is -3.76. The number of anilines is 1. The van der Waals surface area contributed by atoms with Gasteiger partial charge in [-0.05, 0) is 27.7 Å². The van der Waals surface area contributed by atoms with E-state index >= 15 is 0 Å². The molecule has 0 aromatic carbocycles. The average Bonchev–Trinajstić information content (AvgIpc) is 2.89. The van der Waals surface area contributed by atoms with Crippen molar-refractivity contribution in [1.29, 1.82) is 0 Å². The van der Waals surface area contributed by atoms with Gasteiger partial charge in [0.25, 0.3) is 0 Å². The van der Waals surface area contributed by atoms with Gasteiger partial charge in [-0.15, -0.1) is 0 Å². The van der Waals surface area contributed by atoms with Crippen LogP contribution < -0.4 is 9.03 Å². The van der Waals surface area contributed by atoms with E-state index in [1.54, 1.807) is 30.4 Å². The molecule has 3 heterocycles. The fourth-order valence-electron chi connectivity index (χ4n) is 3.02. The maximum atomic E-state index is 12.5. The van der Waals surface area contributed by atoms with Crippen molar-refractivity contribution in [3.8, 4) is 0 Å². The minimum absolute atomic E-state index is 0.0244. The van der Waals surface area contributed by atoms with E-state index in [1.165, 1.54) is 6.20 Å². The first-order chi connectivity index (χ1) is 12.0. The number of aliphatic hydroxyl groups is 1. The highest BCUT2D eigenvalue weighted by atomic mass is 32.2. The summed E-state index contributed by atoms with van der Waals surface area (Å²) in [5.74, 6) is 0. The number of aromatic nitrogens is 2. The van der Waals surface area contributed by atoms with Gasteiger partial charge in [0.2, 0.25) is 0 Å². The Labute approximate surface area is 152 Å². The molecule has 1 unspecified atom stereocenters. The van der Waals surface area contributed by atoms with Crippen molar-refractivity contribution in [2.45, 2.75) is 58.5 Å². The van der Waals surface area contributed by atoms with Crippen LogP contribution in [-0.2, 0) is 28.0 Å². The second-order valence-corrected chi connectivity index (χ2v) is 9.33. The van der Waals surface area contributed by atoms with Gasteiger partial charge in [-0.3, -0.25) is 13.9 Å². The Bertz CT molecular complexity index is 800. The van der Waals surface area contributed by atoms with Crippen molar-refractivity contribution < 1.29 is 23.1 Å². The van der Waals surface area contributed by atoms with Crippen LogP contribution in [0.15, 0.2) is 6.20 Å². The molecule has 1 aromatic heterocycles. The quantitative estimate of drug-likeness (QED) is 0.703. The molecule has 2 aliphatic rings. The van der Waals surface area contributed by atoms with Crippen LogP contribution in [0, 0.1) is 0 Å². The van der Waals surface area contributed by atoms with E-state index in [4.69, 9.17) is 4.74 Å². The van der Waals surface area contributed by atoms with Gasteiger partial charge in [-0.25, -0.2) is 4.79 Å². The second-order valence-electron chi connectivity index (χ2n) is 7.65. The first kappa shape index (κ1) is 18.9. The molecule has 11 heteroatoms. The van der Waals surface area contributed by atoms with Crippen molar-refractivity contribution >= 4 is 22.0 Å². The van der Waals surface area contributed by atoms with E-state index in [2.05, 4.69) is 9.82 Å². The summed E-state index contributed by atoms with van der Waals surface area (Å²) < 4.78 is 35.3. The van der Waals surface area contributed by atoms with Crippen LogP contribution in [-0.4, -0.2) is 65.1 Å². The number of nitrogens with zero attached hydrogens (tertiary/aromatic N) is 4. The number of aliphatic hydroxyl groups excluding tert-OH is 1. The number of fused-ring (bicyclic) bond motifs is 1. The summed E-state index contributed by atoms with van der Waals surface area (Å²) in [4.78, 5) is 14.1. The maximum absolute atomic E-state index is 12.5. The Morgan fingerprint density at radius 2 is 2.08 bits per heavy atom. The van der Waals surface area contributed by atoms with E-state index in [9.17, 15) is 18.3 Å². The largest absolute Gasteiger partial charge is 0.444 e. The molecule has 10 nitrogen and oxygen atoms in total. The third-order valence-electron chi connectivity index (χ3n) is 4.28.